The number of likely N-dealkylation sites (tertiary alicyclic amines) is 1. The first-order chi connectivity index (χ1) is 11.1. The van der Waals surface area contributed by atoms with Gasteiger partial charge in [0.2, 0.25) is 5.91 Å². The van der Waals surface area contributed by atoms with Gasteiger partial charge >= 0.3 is 5.97 Å². The lowest BCUT2D eigenvalue weighted by atomic mass is 9.93. The van der Waals surface area contributed by atoms with E-state index < -0.39 is 5.97 Å². The maximum Gasteiger partial charge on any atom is 0.303 e. The van der Waals surface area contributed by atoms with E-state index in [9.17, 15) is 9.59 Å². The third kappa shape index (κ3) is 5.58. The summed E-state index contributed by atoms with van der Waals surface area (Å²) in [5.74, 6) is 0.552. The first kappa shape index (κ1) is 17.3. The minimum absolute atomic E-state index is 0.167. The van der Waals surface area contributed by atoms with Crippen LogP contribution in [-0.2, 0) is 16.0 Å². The van der Waals surface area contributed by atoms with Gasteiger partial charge in [-0.25, -0.2) is 0 Å². The van der Waals surface area contributed by atoms with Gasteiger partial charge in [-0.15, -0.1) is 0 Å². The zero-order valence-electron chi connectivity index (χ0n) is 13.7. The highest BCUT2D eigenvalue weighted by Gasteiger charge is 2.23. The minimum Gasteiger partial charge on any atom is -0.497 e. The summed E-state index contributed by atoms with van der Waals surface area (Å²) in [6.07, 6.45) is 4.07. The van der Waals surface area contributed by atoms with Gasteiger partial charge < -0.3 is 14.7 Å². The number of hydrogen-bond donors (Lipinski definition) is 1. The van der Waals surface area contributed by atoms with E-state index >= 15 is 0 Å². The average Bonchev–Trinajstić information content (AvgIpc) is 2.58. The molecule has 1 fully saturated rings. The largest absolute Gasteiger partial charge is 0.497 e. The topological polar surface area (TPSA) is 66.8 Å². The molecular formula is C18H25NO4. The molecule has 1 saturated heterocycles. The molecule has 126 valence electrons. The number of aliphatic carboxylic acids is 1. The van der Waals surface area contributed by atoms with E-state index in [4.69, 9.17) is 9.84 Å². The van der Waals surface area contributed by atoms with Gasteiger partial charge in [0.1, 0.15) is 5.75 Å². The molecule has 0 bridgehead atoms. The van der Waals surface area contributed by atoms with Gasteiger partial charge in [-0.3, -0.25) is 9.59 Å². The Kier molecular flexibility index (Phi) is 6.44. The molecule has 1 aromatic rings. The van der Waals surface area contributed by atoms with Crippen LogP contribution in [0.15, 0.2) is 24.3 Å². The van der Waals surface area contributed by atoms with E-state index in [1.54, 1.807) is 7.11 Å². The van der Waals surface area contributed by atoms with Gasteiger partial charge in [-0.05, 0) is 49.3 Å². The van der Waals surface area contributed by atoms with Crippen molar-refractivity contribution in [2.24, 2.45) is 5.92 Å². The fraction of sp³-hybridized carbons (Fsp3) is 0.556. The van der Waals surface area contributed by atoms with Crippen molar-refractivity contribution in [2.45, 2.75) is 38.5 Å². The third-order valence-corrected chi connectivity index (χ3v) is 4.42. The van der Waals surface area contributed by atoms with Gasteiger partial charge in [0.25, 0.3) is 0 Å². The van der Waals surface area contributed by atoms with Crippen LogP contribution in [0.4, 0.5) is 0 Å². The van der Waals surface area contributed by atoms with E-state index in [1.165, 1.54) is 0 Å². The molecule has 1 amide bonds. The van der Waals surface area contributed by atoms with E-state index in [1.807, 2.05) is 29.2 Å². The molecule has 2 rings (SSSR count). The number of nitrogens with zero attached hydrogens (tertiary/aromatic N) is 1. The second-order valence-electron chi connectivity index (χ2n) is 6.13. The Bertz CT molecular complexity index is 526. The Labute approximate surface area is 137 Å². The summed E-state index contributed by atoms with van der Waals surface area (Å²) in [5, 5.41) is 8.78. The first-order valence-corrected chi connectivity index (χ1v) is 8.21. The summed E-state index contributed by atoms with van der Waals surface area (Å²) in [5.41, 5.74) is 1.12. The molecule has 0 radical (unpaired) electrons. The van der Waals surface area contributed by atoms with Crippen LogP contribution in [0, 0.1) is 5.92 Å². The number of ether oxygens (including phenoxy) is 1. The standard InChI is InChI=1S/C18H25NO4/c1-23-16-8-4-14(5-9-16)6-10-17(20)19-12-2-3-15(13-19)7-11-18(21)22/h4-5,8-9,15H,2-3,6-7,10-13H2,1H3,(H,21,22)/t15-/m0/s1. The predicted octanol–water partition coefficient (Wildman–Crippen LogP) is 2.73. The van der Waals surface area contributed by atoms with Crippen molar-refractivity contribution in [3.63, 3.8) is 0 Å². The molecule has 1 N–H and O–H groups in total. The smallest absolute Gasteiger partial charge is 0.303 e. The number of carbonyl (C=O) groups is 2. The average molecular weight is 319 g/mol. The van der Waals surface area contributed by atoms with Gasteiger partial charge in [0, 0.05) is 25.9 Å². The normalized spacial score (nSPS) is 17.8. The molecule has 0 spiro atoms. The van der Waals surface area contributed by atoms with Crippen molar-refractivity contribution in [3.05, 3.63) is 29.8 Å². The van der Waals surface area contributed by atoms with Crippen LogP contribution in [0.25, 0.3) is 0 Å². The lowest BCUT2D eigenvalue weighted by Gasteiger charge is -2.32. The number of hydrogen-bond acceptors (Lipinski definition) is 3. The number of carboxylic acids is 1. The van der Waals surface area contributed by atoms with Crippen LogP contribution >= 0.6 is 0 Å². The molecule has 0 unspecified atom stereocenters. The Hall–Kier alpha value is -2.04. The molecule has 0 saturated carbocycles. The molecule has 1 aliphatic heterocycles. The quantitative estimate of drug-likeness (QED) is 0.839. The number of rotatable bonds is 7. The summed E-state index contributed by atoms with van der Waals surface area (Å²) in [4.78, 5) is 24.9. The van der Waals surface area contributed by atoms with E-state index in [0.717, 1.165) is 37.1 Å². The summed E-state index contributed by atoms with van der Waals surface area (Å²) < 4.78 is 5.12. The molecule has 23 heavy (non-hydrogen) atoms. The zero-order chi connectivity index (χ0) is 16.7. The van der Waals surface area contributed by atoms with Gasteiger partial charge in [0.15, 0.2) is 0 Å². The van der Waals surface area contributed by atoms with E-state index in [2.05, 4.69) is 0 Å². The molecule has 1 atom stereocenters. The van der Waals surface area contributed by atoms with Crippen LogP contribution in [0.1, 0.15) is 37.7 Å². The Balaban J connectivity index is 1.78. The highest BCUT2D eigenvalue weighted by atomic mass is 16.5. The number of carboxylic acid groups (broad SMARTS) is 1. The maximum atomic E-state index is 12.4. The van der Waals surface area contributed by atoms with E-state index in [0.29, 0.717) is 25.3 Å². The van der Waals surface area contributed by atoms with Crippen molar-refractivity contribution in [3.8, 4) is 5.75 Å². The van der Waals surface area contributed by atoms with Crippen molar-refractivity contribution in [2.75, 3.05) is 20.2 Å². The molecule has 5 heteroatoms. The Morgan fingerprint density at radius 3 is 2.65 bits per heavy atom. The number of methoxy groups -OCH3 is 1. The van der Waals surface area contributed by atoms with Gasteiger partial charge in [-0.2, -0.15) is 0 Å². The Morgan fingerprint density at radius 1 is 1.26 bits per heavy atom. The summed E-state index contributed by atoms with van der Waals surface area (Å²) in [7, 11) is 1.63. The highest BCUT2D eigenvalue weighted by Crippen LogP contribution is 2.22. The van der Waals surface area contributed by atoms with Crippen LogP contribution in [0.3, 0.4) is 0 Å². The zero-order valence-corrected chi connectivity index (χ0v) is 13.7. The molecule has 0 aliphatic carbocycles. The van der Waals surface area contributed by atoms with Crippen molar-refractivity contribution < 1.29 is 19.4 Å². The monoisotopic (exact) mass is 319 g/mol. The van der Waals surface area contributed by atoms with Crippen molar-refractivity contribution in [1.82, 2.24) is 4.90 Å². The summed E-state index contributed by atoms with van der Waals surface area (Å²) in [6.45, 7) is 1.50. The number of benzene rings is 1. The summed E-state index contributed by atoms with van der Waals surface area (Å²) >= 11 is 0. The molecular weight excluding hydrogens is 294 g/mol. The van der Waals surface area contributed by atoms with Gasteiger partial charge in [0.05, 0.1) is 7.11 Å². The van der Waals surface area contributed by atoms with Crippen LogP contribution in [0.2, 0.25) is 0 Å². The minimum atomic E-state index is -0.757. The lowest BCUT2D eigenvalue weighted by molar-refractivity contribution is -0.137. The molecule has 1 heterocycles. The molecule has 0 aromatic heterocycles. The fourth-order valence-electron chi connectivity index (χ4n) is 3.06. The van der Waals surface area contributed by atoms with Crippen LogP contribution < -0.4 is 4.74 Å². The van der Waals surface area contributed by atoms with Crippen molar-refractivity contribution in [1.29, 1.82) is 0 Å². The third-order valence-electron chi connectivity index (χ3n) is 4.42. The summed E-state index contributed by atoms with van der Waals surface area (Å²) in [6, 6.07) is 7.78. The maximum absolute atomic E-state index is 12.4. The van der Waals surface area contributed by atoms with Gasteiger partial charge in [-0.1, -0.05) is 12.1 Å². The first-order valence-electron chi connectivity index (χ1n) is 8.21. The highest BCUT2D eigenvalue weighted by molar-refractivity contribution is 5.76. The van der Waals surface area contributed by atoms with Crippen LogP contribution in [-0.4, -0.2) is 42.1 Å². The van der Waals surface area contributed by atoms with Crippen molar-refractivity contribution >= 4 is 11.9 Å². The lowest BCUT2D eigenvalue weighted by Crippen LogP contribution is -2.40. The number of aryl methyl sites for hydroxylation is 1. The second kappa shape index (κ2) is 8.56. The fourth-order valence-corrected chi connectivity index (χ4v) is 3.06. The predicted molar refractivity (Wildman–Crippen MR) is 87.5 cm³/mol. The van der Waals surface area contributed by atoms with E-state index in [-0.39, 0.29) is 12.3 Å². The number of piperidine rings is 1. The molecule has 1 aromatic carbocycles. The van der Waals surface area contributed by atoms with Crippen LogP contribution in [0.5, 0.6) is 5.75 Å². The number of carbonyl (C=O) groups excluding carboxylic acids is 1. The SMILES string of the molecule is COc1ccc(CCC(=O)N2CCC[C@@H](CCC(=O)O)C2)cc1. The number of amides is 1. The molecule has 1 aliphatic rings. The Morgan fingerprint density at radius 2 is 2.00 bits per heavy atom. The second-order valence-corrected chi connectivity index (χ2v) is 6.13. The molecule has 5 nitrogen and oxygen atoms in total.